The van der Waals surface area contributed by atoms with Gasteiger partial charge in [-0.1, -0.05) is 60.1 Å². The van der Waals surface area contributed by atoms with E-state index in [9.17, 15) is 4.79 Å². The van der Waals surface area contributed by atoms with Crippen molar-refractivity contribution in [3.05, 3.63) is 93.5 Å². The Balaban J connectivity index is 1.69. The third-order valence-electron chi connectivity index (χ3n) is 3.95. The van der Waals surface area contributed by atoms with E-state index >= 15 is 0 Å². The van der Waals surface area contributed by atoms with Crippen LogP contribution in [0.1, 0.15) is 27.2 Å². The molecule has 27 heavy (non-hydrogen) atoms. The van der Waals surface area contributed by atoms with Crippen LogP contribution >= 0.6 is 22.9 Å². The average molecular weight is 396 g/mol. The van der Waals surface area contributed by atoms with Crippen molar-refractivity contribution in [2.24, 2.45) is 0 Å². The average Bonchev–Trinajstić information content (AvgIpc) is 3.39. The van der Waals surface area contributed by atoms with Crippen LogP contribution in [-0.2, 0) is 0 Å². The van der Waals surface area contributed by atoms with E-state index in [1.807, 2.05) is 53.9 Å². The molecule has 0 saturated carbocycles. The Bertz CT molecular complexity index is 1050. The maximum Gasteiger partial charge on any atom is 0.262 e. The minimum atomic E-state index is -0.565. The second-order valence-corrected chi connectivity index (χ2v) is 7.07. The number of carbonyl (C=O) groups excluding carboxylic acids is 1. The largest absolute Gasteiger partial charge is 0.418 e. The Hall–Kier alpha value is -2.96. The summed E-state index contributed by atoms with van der Waals surface area (Å²) in [5.41, 5.74) is 1.49. The van der Waals surface area contributed by atoms with E-state index in [4.69, 9.17) is 16.0 Å². The van der Waals surface area contributed by atoms with Gasteiger partial charge in [0.25, 0.3) is 5.91 Å². The molecule has 0 aliphatic heterocycles. The smallest absolute Gasteiger partial charge is 0.262 e. The minimum absolute atomic E-state index is 0.198. The second kappa shape index (κ2) is 7.73. The van der Waals surface area contributed by atoms with E-state index in [1.54, 1.807) is 18.2 Å². The van der Waals surface area contributed by atoms with Gasteiger partial charge in [0, 0.05) is 0 Å². The van der Waals surface area contributed by atoms with E-state index in [-0.39, 0.29) is 5.91 Å². The van der Waals surface area contributed by atoms with Gasteiger partial charge in [-0.2, -0.15) is 0 Å². The molecule has 2 heterocycles. The van der Waals surface area contributed by atoms with Crippen LogP contribution in [0.5, 0.6) is 0 Å². The van der Waals surface area contributed by atoms with Gasteiger partial charge in [-0.15, -0.1) is 21.5 Å². The van der Waals surface area contributed by atoms with Gasteiger partial charge in [-0.25, -0.2) is 0 Å². The van der Waals surface area contributed by atoms with Gasteiger partial charge in [0.2, 0.25) is 11.8 Å². The Morgan fingerprint density at radius 3 is 2.52 bits per heavy atom. The van der Waals surface area contributed by atoms with Crippen LogP contribution in [0.15, 0.2) is 76.5 Å². The Morgan fingerprint density at radius 1 is 1.00 bits per heavy atom. The van der Waals surface area contributed by atoms with Crippen molar-refractivity contribution in [1.82, 2.24) is 15.5 Å². The lowest BCUT2D eigenvalue weighted by Crippen LogP contribution is -2.29. The zero-order valence-corrected chi connectivity index (χ0v) is 15.6. The maximum absolute atomic E-state index is 12.6. The number of benzene rings is 2. The molecule has 1 N–H and O–H groups in total. The molecule has 7 heteroatoms. The second-order valence-electron chi connectivity index (χ2n) is 5.72. The van der Waals surface area contributed by atoms with Crippen molar-refractivity contribution in [3.8, 4) is 11.5 Å². The summed E-state index contributed by atoms with van der Waals surface area (Å²) in [6.07, 6.45) is 0. The van der Waals surface area contributed by atoms with Crippen LogP contribution in [0.3, 0.4) is 0 Å². The molecule has 0 bridgehead atoms. The van der Waals surface area contributed by atoms with Gasteiger partial charge >= 0.3 is 0 Å². The predicted octanol–water partition coefficient (Wildman–Crippen LogP) is 4.97. The first-order valence-electron chi connectivity index (χ1n) is 8.20. The van der Waals surface area contributed by atoms with Gasteiger partial charge in [-0.3, -0.25) is 4.79 Å². The molecule has 0 aliphatic carbocycles. The number of nitrogens with one attached hydrogen (secondary N) is 1. The van der Waals surface area contributed by atoms with Crippen molar-refractivity contribution < 1.29 is 9.21 Å². The van der Waals surface area contributed by atoms with E-state index in [2.05, 4.69) is 15.5 Å². The van der Waals surface area contributed by atoms with Gasteiger partial charge in [0.05, 0.1) is 15.5 Å². The van der Waals surface area contributed by atoms with Crippen molar-refractivity contribution >= 4 is 28.8 Å². The fourth-order valence-corrected chi connectivity index (χ4v) is 3.48. The molecule has 1 amide bonds. The summed E-state index contributed by atoms with van der Waals surface area (Å²) >= 11 is 7.59. The number of carbonyl (C=O) groups is 1. The first kappa shape index (κ1) is 17.5. The van der Waals surface area contributed by atoms with Crippen LogP contribution in [-0.4, -0.2) is 16.1 Å². The number of thiophene rings is 1. The number of hydrogen-bond donors (Lipinski definition) is 1. The van der Waals surface area contributed by atoms with Crippen LogP contribution in [0.25, 0.3) is 11.5 Å². The summed E-state index contributed by atoms with van der Waals surface area (Å²) in [5, 5.41) is 13.6. The van der Waals surface area contributed by atoms with E-state index in [0.29, 0.717) is 27.2 Å². The van der Waals surface area contributed by atoms with E-state index in [1.165, 1.54) is 11.3 Å². The summed E-state index contributed by atoms with van der Waals surface area (Å²) < 4.78 is 5.87. The number of halogens is 1. The van der Waals surface area contributed by atoms with E-state index in [0.717, 1.165) is 5.56 Å². The van der Waals surface area contributed by atoms with Crippen molar-refractivity contribution in [3.63, 3.8) is 0 Å². The Kier molecular flexibility index (Phi) is 5.00. The van der Waals surface area contributed by atoms with Crippen LogP contribution in [0.2, 0.25) is 5.02 Å². The van der Waals surface area contributed by atoms with Crippen molar-refractivity contribution in [2.45, 2.75) is 6.04 Å². The van der Waals surface area contributed by atoms with Gasteiger partial charge in [-0.05, 0) is 29.1 Å². The number of amides is 1. The first-order chi connectivity index (χ1) is 13.2. The third-order valence-corrected chi connectivity index (χ3v) is 5.14. The first-order valence-corrected chi connectivity index (χ1v) is 9.46. The molecule has 0 radical (unpaired) electrons. The minimum Gasteiger partial charge on any atom is -0.418 e. The molecular formula is C20H14ClN3O2S. The van der Waals surface area contributed by atoms with E-state index < -0.39 is 6.04 Å². The molecule has 0 aliphatic rings. The molecule has 0 fully saturated rings. The predicted molar refractivity (Wildman–Crippen MR) is 105 cm³/mol. The summed E-state index contributed by atoms with van der Waals surface area (Å²) in [6, 6.07) is 19.8. The zero-order valence-electron chi connectivity index (χ0n) is 14.0. The molecule has 5 nitrogen and oxygen atoms in total. The van der Waals surface area contributed by atoms with Crippen molar-refractivity contribution in [2.75, 3.05) is 0 Å². The molecule has 2 aromatic heterocycles. The normalized spacial score (nSPS) is 11.9. The number of nitrogens with zero attached hydrogens (tertiary/aromatic N) is 2. The monoisotopic (exact) mass is 395 g/mol. The Morgan fingerprint density at radius 2 is 1.78 bits per heavy atom. The molecule has 0 spiro atoms. The lowest BCUT2D eigenvalue weighted by atomic mass is 10.1. The highest BCUT2D eigenvalue weighted by atomic mass is 35.5. The van der Waals surface area contributed by atoms with Gasteiger partial charge < -0.3 is 9.73 Å². The summed E-state index contributed by atoms with van der Waals surface area (Å²) in [4.78, 5) is 13.2. The summed E-state index contributed by atoms with van der Waals surface area (Å²) in [5.74, 6) is 0.402. The highest BCUT2D eigenvalue weighted by molar-refractivity contribution is 7.12. The summed E-state index contributed by atoms with van der Waals surface area (Å²) in [6.45, 7) is 0. The fraction of sp³-hybridized carbons (Fsp3) is 0.0500. The molecular weight excluding hydrogens is 382 g/mol. The number of rotatable bonds is 5. The fourth-order valence-electron chi connectivity index (χ4n) is 2.64. The van der Waals surface area contributed by atoms with Crippen molar-refractivity contribution in [1.29, 1.82) is 0 Å². The highest BCUT2D eigenvalue weighted by Crippen LogP contribution is 2.29. The Labute approximate surface area is 164 Å². The van der Waals surface area contributed by atoms with Gasteiger partial charge in [0.15, 0.2) is 0 Å². The lowest BCUT2D eigenvalue weighted by Gasteiger charge is -2.15. The highest BCUT2D eigenvalue weighted by Gasteiger charge is 2.24. The number of hydrogen-bond acceptors (Lipinski definition) is 5. The molecule has 0 saturated heterocycles. The summed E-state index contributed by atoms with van der Waals surface area (Å²) in [7, 11) is 0. The molecule has 1 atom stereocenters. The molecule has 4 aromatic rings. The molecule has 2 aromatic carbocycles. The maximum atomic E-state index is 12.6. The standard InChI is InChI=1S/C20H14ClN3O2S/c21-15-10-5-4-9-14(15)19-23-24-20(26-19)17(13-7-2-1-3-8-13)22-18(25)16-11-6-12-27-16/h1-12,17H,(H,22,25)/t17-/m0/s1. The molecule has 0 unspecified atom stereocenters. The van der Waals surface area contributed by atoms with Crippen LogP contribution < -0.4 is 5.32 Å². The topological polar surface area (TPSA) is 68.0 Å². The SMILES string of the molecule is O=C(N[C@@H](c1ccccc1)c1nnc(-c2ccccc2Cl)o1)c1cccs1. The zero-order chi connectivity index (χ0) is 18.6. The quantitative estimate of drug-likeness (QED) is 0.518. The van der Waals surface area contributed by atoms with Gasteiger partial charge in [0.1, 0.15) is 6.04 Å². The van der Waals surface area contributed by atoms with Crippen LogP contribution in [0.4, 0.5) is 0 Å². The third kappa shape index (κ3) is 3.77. The van der Waals surface area contributed by atoms with Crippen LogP contribution in [0, 0.1) is 0 Å². The lowest BCUT2D eigenvalue weighted by molar-refractivity contribution is 0.0942. The molecule has 134 valence electrons. The number of aromatic nitrogens is 2. The molecule has 4 rings (SSSR count).